The zero-order valence-electron chi connectivity index (χ0n) is 10.2. The number of ether oxygens (including phenoxy) is 1. The van der Waals surface area contributed by atoms with Crippen LogP contribution in [0, 0.1) is 0 Å². The second-order valence-electron chi connectivity index (χ2n) is 4.24. The number of hydrogen-bond donors (Lipinski definition) is 0. The van der Waals surface area contributed by atoms with Crippen molar-refractivity contribution in [3.63, 3.8) is 0 Å². The summed E-state index contributed by atoms with van der Waals surface area (Å²) >= 11 is 0. The summed E-state index contributed by atoms with van der Waals surface area (Å²) in [6.45, 7) is 6.26. The Hall–Kier alpha value is -1.59. The van der Waals surface area contributed by atoms with Crippen LogP contribution in [-0.2, 0) is 24.0 Å². The standard InChI is InChI=1S/C10H17NO5/c1-7(12)16-11(5)8(13)6-9(14)15-10(2,3)4/h6H2,1-5H3. The molecule has 0 saturated heterocycles. The number of hydrogen-bond acceptors (Lipinski definition) is 5. The molecule has 0 aromatic carbocycles. The van der Waals surface area contributed by atoms with Gasteiger partial charge in [-0.15, -0.1) is 0 Å². The molecule has 6 nitrogen and oxygen atoms in total. The van der Waals surface area contributed by atoms with Gasteiger partial charge in [-0.05, 0) is 20.8 Å². The molecule has 0 unspecified atom stereocenters. The Labute approximate surface area is 94.4 Å². The molecule has 0 fully saturated rings. The van der Waals surface area contributed by atoms with E-state index in [-0.39, 0.29) is 0 Å². The highest BCUT2D eigenvalue weighted by atomic mass is 16.7. The van der Waals surface area contributed by atoms with E-state index in [4.69, 9.17) is 4.74 Å². The lowest BCUT2D eigenvalue weighted by Gasteiger charge is -2.20. The van der Waals surface area contributed by atoms with Gasteiger partial charge in [-0.2, -0.15) is 5.06 Å². The van der Waals surface area contributed by atoms with Crippen LogP contribution in [0.5, 0.6) is 0 Å². The second kappa shape index (κ2) is 5.48. The average Bonchev–Trinajstić information content (AvgIpc) is 1.98. The molecule has 0 aliphatic rings. The molecule has 0 aromatic heterocycles. The predicted molar refractivity (Wildman–Crippen MR) is 55.0 cm³/mol. The zero-order valence-corrected chi connectivity index (χ0v) is 10.2. The maximum absolute atomic E-state index is 11.3. The first kappa shape index (κ1) is 14.4. The van der Waals surface area contributed by atoms with Crippen LogP contribution in [0.2, 0.25) is 0 Å². The number of nitrogens with zero attached hydrogens (tertiary/aromatic N) is 1. The molecule has 6 heteroatoms. The van der Waals surface area contributed by atoms with Crippen molar-refractivity contribution < 1.29 is 24.0 Å². The second-order valence-corrected chi connectivity index (χ2v) is 4.24. The predicted octanol–water partition coefficient (Wildman–Crippen LogP) is 0.655. The van der Waals surface area contributed by atoms with Gasteiger partial charge < -0.3 is 9.57 Å². The SMILES string of the molecule is CC(=O)ON(C)C(=O)CC(=O)OC(C)(C)C. The van der Waals surface area contributed by atoms with E-state index in [0.29, 0.717) is 5.06 Å². The van der Waals surface area contributed by atoms with Crippen LogP contribution in [0.4, 0.5) is 0 Å². The van der Waals surface area contributed by atoms with Crippen LogP contribution in [0.15, 0.2) is 0 Å². The third-order valence-corrected chi connectivity index (χ3v) is 1.33. The summed E-state index contributed by atoms with van der Waals surface area (Å²) in [5.41, 5.74) is -0.642. The van der Waals surface area contributed by atoms with Crippen molar-refractivity contribution in [2.45, 2.75) is 39.7 Å². The van der Waals surface area contributed by atoms with Crippen LogP contribution in [0.25, 0.3) is 0 Å². The molecule has 0 aliphatic heterocycles. The van der Waals surface area contributed by atoms with E-state index in [2.05, 4.69) is 4.84 Å². The molecule has 0 aliphatic carbocycles. The Morgan fingerprint density at radius 2 is 1.69 bits per heavy atom. The van der Waals surface area contributed by atoms with E-state index in [1.807, 2.05) is 0 Å². The van der Waals surface area contributed by atoms with Crippen LogP contribution >= 0.6 is 0 Å². The van der Waals surface area contributed by atoms with Gasteiger partial charge in [0.25, 0.3) is 5.91 Å². The minimum atomic E-state index is -0.656. The zero-order chi connectivity index (χ0) is 12.9. The molecule has 16 heavy (non-hydrogen) atoms. The van der Waals surface area contributed by atoms with Gasteiger partial charge in [0.15, 0.2) is 0 Å². The first-order valence-corrected chi connectivity index (χ1v) is 4.79. The lowest BCUT2D eigenvalue weighted by molar-refractivity contribution is -0.192. The van der Waals surface area contributed by atoms with Crippen LogP contribution in [0.3, 0.4) is 0 Å². The van der Waals surface area contributed by atoms with Crippen molar-refractivity contribution in [2.75, 3.05) is 7.05 Å². The Morgan fingerprint density at radius 3 is 2.06 bits per heavy atom. The lowest BCUT2D eigenvalue weighted by atomic mass is 10.2. The summed E-state index contributed by atoms with van der Waals surface area (Å²) < 4.78 is 4.94. The summed E-state index contributed by atoms with van der Waals surface area (Å²) in [5, 5.41) is 0.715. The number of amides is 1. The van der Waals surface area contributed by atoms with E-state index in [9.17, 15) is 14.4 Å². The summed E-state index contributed by atoms with van der Waals surface area (Å²) in [4.78, 5) is 37.6. The maximum atomic E-state index is 11.3. The van der Waals surface area contributed by atoms with Crippen LogP contribution in [-0.4, -0.2) is 35.6 Å². The average molecular weight is 231 g/mol. The number of carbonyl (C=O) groups excluding carboxylic acids is 3. The minimum Gasteiger partial charge on any atom is -0.460 e. The fourth-order valence-electron chi connectivity index (χ4n) is 0.856. The van der Waals surface area contributed by atoms with Gasteiger partial charge in [0, 0.05) is 14.0 Å². The van der Waals surface area contributed by atoms with Gasteiger partial charge >= 0.3 is 11.9 Å². The Bertz CT molecular complexity index is 292. The monoisotopic (exact) mass is 231 g/mol. The summed E-state index contributed by atoms with van der Waals surface area (Å²) in [7, 11) is 1.26. The highest BCUT2D eigenvalue weighted by Crippen LogP contribution is 2.08. The molecule has 0 atom stereocenters. The molecule has 0 N–H and O–H groups in total. The molecule has 0 saturated carbocycles. The Morgan fingerprint density at radius 1 is 1.19 bits per heavy atom. The third kappa shape index (κ3) is 6.80. The number of carbonyl (C=O) groups is 3. The highest BCUT2D eigenvalue weighted by Gasteiger charge is 2.21. The topological polar surface area (TPSA) is 72.9 Å². The van der Waals surface area contributed by atoms with Crippen molar-refractivity contribution in [1.29, 1.82) is 0 Å². The van der Waals surface area contributed by atoms with Crippen molar-refractivity contribution in [3.8, 4) is 0 Å². The van der Waals surface area contributed by atoms with Gasteiger partial charge in [0.05, 0.1) is 0 Å². The molecule has 0 radical (unpaired) electrons. The molecule has 0 heterocycles. The van der Waals surface area contributed by atoms with Gasteiger partial charge in [-0.3, -0.25) is 14.4 Å². The molecule has 0 aromatic rings. The largest absolute Gasteiger partial charge is 0.460 e. The first-order chi connectivity index (χ1) is 7.11. The molecule has 92 valence electrons. The van der Waals surface area contributed by atoms with E-state index in [1.165, 1.54) is 7.05 Å². The van der Waals surface area contributed by atoms with Gasteiger partial charge in [0.1, 0.15) is 12.0 Å². The first-order valence-electron chi connectivity index (χ1n) is 4.79. The fourth-order valence-corrected chi connectivity index (χ4v) is 0.856. The van der Waals surface area contributed by atoms with Crippen molar-refractivity contribution in [1.82, 2.24) is 5.06 Å². The maximum Gasteiger partial charge on any atom is 0.329 e. The van der Waals surface area contributed by atoms with Crippen molar-refractivity contribution in [2.24, 2.45) is 0 Å². The van der Waals surface area contributed by atoms with Gasteiger partial charge in [0.2, 0.25) is 0 Å². The number of hydroxylamine groups is 2. The molecule has 1 amide bonds. The molecule has 0 spiro atoms. The molecule has 0 bridgehead atoms. The quantitative estimate of drug-likeness (QED) is 0.396. The smallest absolute Gasteiger partial charge is 0.329 e. The van der Waals surface area contributed by atoms with E-state index in [0.717, 1.165) is 6.92 Å². The van der Waals surface area contributed by atoms with Crippen LogP contribution in [0.1, 0.15) is 34.1 Å². The third-order valence-electron chi connectivity index (χ3n) is 1.33. The lowest BCUT2D eigenvalue weighted by Crippen LogP contribution is -2.33. The molecular formula is C10H17NO5. The van der Waals surface area contributed by atoms with Gasteiger partial charge in [-0.25, -0.2) is 0 Å². The van der Waals surface area contributed by atoms with E-state index < -0.39 is 29.9 Å². The number of esters is 1. The molecular weight excluding hydrogens is 214 g/mol. The van der Waals surface area contributed by atoms with Crippen molar-refractivity contribution in [3.05, 3.63) is 0 Å². The summed E-state index contributed by atoms with van der Waals surface area (Å²) in [6, 6.07) is 0. The van der Waals surface area contributed by atoms with Gasteiger partial charge in [-0.1, -0.05) is 0 Å². The fraction of sp³-hybridized carbons (Fsp3) is 0.700. The molecule has 0 rings (SSSR count). The highest BCUT2D eigenvalue weighted by molar-refractivity contribution is 5.94. The van der Waals surface area contributed by atoms with Crippen LogP contribution < -0.4 is 0 Å². The van der Waals surface area contributed by atoms with E-state index in [1.54, 1.807) is 20.8 Å². The Balaban J connectivity index is 4.14. The van der Waals surface area contributed by atoms with E-state index >= 15 is 0 Å². The minimum absolute atomic E-state index is 0.457. The van der Waals surface area contributed by atoms with Crippen molar-refractivity contribution >= 4 is 17.8 Å². The Kier molecular flexibility index (Phi) is 4.94. The summed E-state index contributed by atoms with van der Waals surface area (Å²) in [5.74, 6) is -1.92. The number of rotatable bonds is 2. The normalized spacial score (nSPS) is 10.6. The summed E-state index contributed by atoms with van der Waals surface area (Å²) in [6.07, 6.45) is -0.457.